The number of hydrogen-bond donors (Lipinski definition) is 3. The lowest BCUT2D eigenvalue weighted by molar-refractivity contribution is -0.123. The minimum absolute atomic E-state index is 0.0906. The molecule has 9 nitrogen and oxygen atoms in total. The van der Waals surface area contributed by atoms with Crippen molar-refractivity contribution in [2.75, 3.05) is 12.4 Å². The standard InChI is InChI=1S/C16H16FN3O6S2/c1-8(14(22)20-15-10(13(18)21)5-6-27-15)26-16(23)11-7-9(3-4-12(11)17)28(24,25)19-2/h3-8,19H,1-2H3,(H2,18,21)(H,20,22). The molecule has 12 heteroatoms. The fraction of sp³-hybridized carbons (Fsp3) is 0.188. The summed E-state index contributed by atoms with van der Waals surface area (Å²) in [5.41, 5.74) is 4.62. The van der Waals surface area contributed by atoms with Gasteiger partial charge in [-0.15, -0.1) is 11.3 Å². The van der Waals surface area contributed by atoms with Crippen LogP contribution in [0.5, 0.6) is 0 Å². The average Bonchev–Trinajstić information content (AvgIpc) is 3.10. The van der Waals surface area contributed by atoms with Crippen molar-refractivity contribution in [1.29, 1.82) is 0 Å². The van der Waals surface area contributed by atoms with E-state index < -0.39 is 45.3 Å². The van der Waals surface area contributed by atoms with Gasteiger partial charge in [0.15, 0.2) is 6.10 Å². The molecule has 0 aliphatic carbocycles. The summed E-state index contributed by atoms with van der Waals surface area (Å²) in [7, 11) is -2.75. The Morgan fingerprint density at radius 3 is 2.50 bits per heavy atom. The summed E-state index contributed by atoms with van der Waals surface area (Å²) in [6, 6.07) is 4.01. The van der Waals surface area contributed by atoms with E-state index in [9.17, 15) is 27.2 Å². The number of nitrogens with two attached hydrogens (primary N) is 1. The number of primary amides is 1. The Bertz CT molecular complexity index is 1030. The van der Waals surface area contributed by atoms with Gasteiger partial charge in [0.25, 0.3) is 11.8 Å². The van der Waals surface area contributed by atoms with Crippen LogP contribution in [-0.4, -0.2) is 39.4 Å². The number of carbonyl (C=O) groups is 3. The summed E-state index contributed by atoms with van der Waals surface area (Å²) in [4.78, 5) is 35.3. The lowest BCUT2D eigenvalue weighted by Crippen LogP contribution is -2.30. The third-order valence-corrected chi connectivity index (χ3v) is 5.80. The van der Waals surface area contributed by atoms with Gasteiger partial charge in [0, 0.05) is 0 Å². The number of benzene rings is 1. The van der Waals surface area contributed by atoms with E-state index in [1.54, 1.807) is 0 Å². The van der Waals surface area contributed by atoms with Crippen LogP contribution in [0.2, 0.25) is 0 Å². The molecule has 0 aliphatic heterocycles. The van der Waals surface area contributed by atoms with Crippen molar-refractivity contribution in [2.45, 2.75) is 17.9 Å². The second-order valence-electron chi connectivity index (χ2n) is 5.41. The van der Waals surface area contributed by atoms with Gasteiger partial charge < -0.3 is 15.8 Å². The van der Waals surface area contributed by atoms with Gasteiger partial charge in [0.2, 0.25) is 10.0 Å². The van der Waals surface area contributed by atoms with Crippen LogP contribution in [0.1, 0.15) is 27.6 Å². The molecule has 0 saturated heterocycles. The number of halogens is 1. The Morgan fingerprint density at radius 1 is 1.21 bits per heavy atom. The number of sulfonamides is 1. The first-order valence-corrected chi connectivity index (χ1v) is 10.1. The van der Waals surface area contributed by atoms with Crippen LogP contribution in [0, 0.1) is 5.82 Å². The zero-order valence-electron chi connectivity index (χ0n) is 14.7. The van der Waals surface area contributed by atoms with E-state index in [2.05, 4.69) is 5.32 Å². The summed E-state index contributed by atoms with van der Waals surface area (Å²) in [5, 5.41) is 4.10. The highest BCUT2D eigenvalue weighted by molar-refractivity contribution is 7.89. The van der Waals surface area contributed by atoms with Gasteiger partial charge >= 0.3 is 5.97 Å². The highest BCUT2D eigenvalue weighted by Gasteiger charge is 2.24. The molecule has 150 valence electrons. The number of esters is 1. The van der Waals surface area contributed by atoms with Gasteiger partial charge in [-0.25, -0.2) is 22.3 Å². The van der Waals surface area contributed by atoms with E-state index in [0.717, 1.165) is 36.6 Å². The maximum atomic E-state index is 13.9. The number of rotatable bonds is 7. The Kier molecular flexibility index (Phi) is 6.48. The maximum Gasteiger partial charge on any atom is 0.341 e. The van der Waals surface area contributed by atoms with E-state index >= 15 is 0 Å². The number of ether oxygens (including phenoxy) is 1. The van der Waals surface area contributed by atoms with Crippen molar-refractivity contribution in [1.82, 2.24) is 4.72 Å². The molecular formula is C16H16FN3O6S2. The summed E-state index contributed by atoms with van der Waals surface area (Å²) in [6.07, 6.45) is -1.36. The minimum Gasteiger partial charge on any atom is -0.449 e. The lowest BCUT2D eigenvalue weighted by atomic mass is 10.2. The molecule has 0 radical (unpaired) electrons. The van der Waals surface area contributed by atoms with Crippen LogP contribution < -0.4 is 15.8 Å². The van der Waals surface area contributed by atoms with Crippen molar-refractivity contribution in [2.24, 2.45) is 5.73 Å². The Hall–Kier alpha value is -2.83. The average molecular weight is 429 g/mol. The van der Waals surface area contributed by atoms with Crippen LogP contribution in [0.3, 0.4) is 0 Å². The first-order valence-electron chi connectivity index (χ1n) is 7.69. The van der Waals surface area contributed by atoms with Crippen molar-refractivity contribution in [3.63, 3.8) is 0 Å². The molecule has 0 spiro atoms. The fourth-order valence-electron chi connectivity index (χ4n) is 2.04. The van der Waals surface area contributed by atoms with Crippen molar-refractivity contribution in [3.05, 3.63) is 46.6 Å². The van der Waals surface area contributed by atoms with E-state index in [1.807, 2.05) is 4.72 Å². The molecule has 0 fully saturated rings. The minimum atomic E-state index is -3.91. The summed E-state index contributed by atoms with van der Waals surface area (Å²) in [6.45, 7) is 1.23. The second kappa shape index (κ2) is 8.46. The summed E-state index contributed by atoms with van der Waals surface area (Å²) >= 11 is 1.04. The van der Waals surface area contributed by atoms with Crippen molar-refractivity contribution >= 4 is 44.1 Å². The third kappa shape index (κ3) is 4.71. The van der Waals surface area contributed by atoms with E-state index in [4.69, 9.17) is 10.5 Å². The first-order chi connectivity index (χ1) is 13.1. The lowest BCUT2D eigenvalue weighted by Gasteiger charge is -2.14. The van der Waals surface area contributed by atoms with Gasteiger partial charge in [-0.05, 0) is 43.6 Å². The molecule has 1 unspecified atom stereocenters. The molecule has 1 aromatic heterocycles. The van der Waals surface area contributed by atoms with Crippen LogP contribution >= 0.6 is 11.3 Å². The number of anilines is 1. The third-order valence-electron chi connectivity index (χ3n) is 3.56. The molecule has 2 aromatic rings. The van der Waals surface area contributed by atoms with Crippen LogP contribution in [0.15, 0.2) is 34.5 Å². The molecule has 28 heavy (non-hydrogen) atoms. The maximum absolute atomic E-state index is 13.9. The molecule has 4 N–H and O–H groups in total. The number of amides is 2. The van der Waals surface area contributed by atoms with Gasteiger partial charge in [-0.1, -0.05) is 0 Å². The zero-order valence-corrected chi connectivity index (χ0v) is 16.3. The second-order valence-corrected chi connectivity index (χ2v) is 8.22. The van der Waals surface area contributed by atoms with Gasteiger partial charge in [-0.2, -0.15) is 0 Å². The molecule has 1 heterocycles. The summed E-state index contributed by atoms with van der Waals surface area (Å²) in [5.74, 6) is -3.76. The number of carbonyl (C=O) groups excluding carboxylic acids is 3. The highest BCUT2D eigenvalue weighted by Crippen LogP contribution is 2.23. The predicted octanol–water partition coefficient (Wildman–Crippen LogP) is 1.08. The number of hydrogen-bond acceptors (Lipinski definition) is 7. The van der Waals surface area contributed by atoms with Gasteiger partial charge in [0.05, 0.1) is 16.0 Å². The van der Waals surface area contributed by atoms with E-state index in [-0.39, 0.29) is 15.5 Å². The van der Waals surface area contributed by atoms with Crippen LogP contribution in [0.4, 0.5) is 9.39 Å². The Balaban J connectivity index is 2.16. The summed E-state index contributed by atoms with van der Waals surface area (Å²) < 4.78 is 44.5. The first kappa shape index (κ1) is 21.5. The SMILES string of the molecule is CNS(=O)(=O)c1ccc(F)c(C(=O)OC(C)C(=O)Nc2sccc2C(N)=O)c1. The van der Waals surface area contributed by atoms with Crippen LogP contribution in [-0.2, 0) is 19.6 Å². The molecule has 2 amide bonds. The van der Waals surface area contributed by atoms with Gasteiger partial charge in [-0.3, -0.25) is 9.59 Å². The molecule has 1 aromatic carbocycles. The Labute approximate surface area is 163 Å². The number of nitrogens with one attached hydrogen (secondary N) is 2. The Morgan fingerprint density at radius 2 is 1.89 bits per heavy atom. The van der Waals surface area contributed by atoms with Crippen LogP contribution in [0.25, 0.3) is 0 Å². The number of thiophene rings is 1. The molecule has 1 atom stereocenters. The monoisotopic (exact) mass is 429 g/mol. The fourth-order valence-corrected chi connectivity index (χ4v) is 3.59. The molecule has 2 rings (SSSR count). The smallest absolute Gasteiger partial charge is 0.341 e. The molecule has 0 aliphatic rings. The molecule has 0 saturated carbocycles. The van der Waals surface area contributed by atoms with E-state index in [1.165, 1.54) is 18.4 Å². The van der Waals surface area contributed by atoms with Gasteiger partial charge in [0.1, 0.15) is 10.8 Å². The molecule has 0 bridgehead atoms. The quantitative estimate of drug-likeness (QED) is 0.562. The zero-order chi connectivity index (χ0) is 21.1. The van der Waals surface area contributed by atoms with Crippen molar-refractivity contribution < 1.29 is 31.9 Å². The highest BCUT2D eigenvalue weighted by atomic mass is 32.2. The predicted molar refractivity (Wildman–Crippen MR) is 99.0 cm³/mol. The van der Waals surface area contributed by atoms with Crippen molar-refractivity contribution in [3.8, 4) is 0 Å². The normalized spacial score (nSPS) is 12.2. The topological polar surface area (TPSA) is 145 Å². The molecular weight excluding hydrogens is 413 g/mol. The largest absolute Gasteiger partial charge is 0.449 e. The van der Waals surface area contributed by atoms with E-state index in [0.29, 0.717) is 0 Å².